The molecule has 1 amide bonds. The number of rotatable bonds is 6. The van der Waals surface area contributed by atoms with E-state index in [0.717, 1.165) is 11.1 Å². The van der Waals surface area contributed by atoms with Crippen LogP contribution in [0.2, 0.25) is 0 Å². The number of nitrogens with one attached hydrogen (secondary N) is 1. The molecule has 0 spiro atoms. The van der Waals surface area contributed by atoms with Crippen LogP contribution in [-0.2, 0) is 9.53 Å². The summed E-state index contributed by atoms with van der Waals surface area (Å²) in [6.07, 6.45) is -0.0551. The molecule has 2 aromatic rings. The lowest BCUT2D eigenvalue weighted by Crippen LogP contribution is -2.32. The second-order valence-electron chi connectivity index (χ2n) is 5.90. The van der Waals surface area contributed by atoms with Crippen LogP contribution < -0.4 is 10.1 Å². The lowest BCUT2D eigenvalue weighted by Gasteiger charge is -2.18. The first-order valence-corrected chi connectivity index (χ1v) is 8.17. The smallest absolute Gasteiger partial charge is 0.337 e. The predicted molar refractivity (Wildman–Crippen MR) is 97.0 cm³/mol. The fraction of sp³-hybridized carbons (Fsp3) is 0.300. The molecule has 0 unspecified atom stereocenters. The number of esters is 1. The third-order valence-electron chi connectivity index (χ3n) is 3.71. The molecule has 5 nitrogen and oxygen atoms in total. The summed E-state index contributed by atoms with van der Waals surface area (Å²) in [5, 5.41) is 2.81. The number of carbonyl (C=O) groups excluding carboxylic acids is 2. The maximum Gasteiger partial charge on any atom is 0.337 e. The van der Waals surface area contributed by atoms with Crippen molar-refractivity contribution in [2.75, 3.05) is 12.4 Å². The quantitative estimate of drug-likeness (QED) is 0.810. The molecule has 0 aromatic heterocycles. The van der Waals surface area contributed by atoms with Gasteiger partial charge in [0.05, 0.1) is 12.7 Å². The minimum Gasteiger partial charge on any atom is -0.481 e. The van der Waals surface area contributed by atoms with Crippen molar-refractivity contribution in [3.8, 4) is 5.75 Å². The molecule has 132 valence electrons. The molecule has 0 bridgehead atoms. The van der Waals surface area contributed by atoms with Gasteiger partial charge < -0.3 is 14.8 Å². The average molecular weight is 341 g/mol. The highest BCUT2D eigenvalue weighted by atomic mass is 16.5. The molecule has 0 saturated carbocycles. The Morgan fingerprint density at radius 3 is 2.16 bits per heavy atom. The van der Waals surface area contributed by atoms with Crippen molar-refractivity contribution in [3.05, 3.63) is 59.2 Å². The van der Waals surface area contributed by atoms with Crippen molar-refractivity contribution in [1.82, 2.24) is 0 Å². The topological polar surface area (TPSA) is 64.6 Å². The molecule has 0 saturated heterocycles. The lowest BCUT2D eigenvalue weighted by molar-refractivity contribution is -0.122. The minimum atomic E-state index is -0.596. The van der Waals surface area contributed by atoms with Crippen molar-refractivity contribution < 1.29 is 19.1 Å². The number of anilines is 1. The summed E-state index contributed by atoms with van der Waals surface area (Å²) < 4.78 is 10.5. The molecule has 25 heavy (non-hydrogen) atoms. The van der Waals surface area contributed by atoms with Crippen molar-refractivity contribution >= 4 is 17.6 Å². The van der Waals surface area contributed by atoms with Crippen LogP contribution in [0.4, 0.5) is 5.69 Å². The van der Waals surface area contributed by atoms with Crippen LogP contribution in [0.5, 0.6) is 5.75 Å². The van der Waals surface area contributed by atoms with E-state index in [4.69, 9.17) is 4.74 Å². The molecule has 0 aliphatic carbocycles. The zero-order chi connectivity index (χ0) is 18.4. The van der Waals surface area contributed by atoms with E-state index in [9.17, 15) is 9.59 Å². The van der Waals surface area contributed by atoms with Gasteiger partial charge >= 0.3 is 5.97 Å². The maximum atomic E-state index is 12.5. The van der Waals surface area contributed by atoms with E-state index >= 15 is 0 Å². The summed E-state index contributed by atoms with van der Waals surface area (Å²) >= 11 is 0. The van der Waals surface area contributed by atoms with Crippen LogP contribution in [0, 0.1) is 13.8 Å². The molecular weight excluding hydrogens is 318 g/mol. The van der Waals surface area contributed by atoms with Crippen molar-refractivity contribution in [1.29, 1.82) is 0 Å². The first-order valence-electron chi connectivity index (χ1n) is 8.17. The normalized spacial score (nSPS) is 11.5. The monoisotopic (exact) mass is 341 g/mol. The Morgan fingerprint density at radius 2 is 1.64 bits per heavy atom. The Balaban J connectivity index is 2.05. The van der Waals surface area contributed by atoms with Gasteiger partial charge in [0.15, 0.2) is 6.10 Å². The number of carbonyl (C=O) groups is 2. The van der Waals surface area contributed by atoms with Crippen molar-refractivity contribution in [3.63, 3.8) is 0 Å². The third kappa shape index (κ3) is 5.08. The summed E-state index contributed by atoms with van der Waals surface area (Å²) in [7, 11) is 1.33. The van der Waals surface area contributed by atoms with Gasteiger partial charge in [-0.1, -0.05) is 13.0 Å². The van der Waals surface area contributed by atoms with Gasteiger partial charge in [0.2, 0.25) is 0 Å². The number of ether oxygens (including phenoxy) is 2. The van der Waals surface area contributed by atoms with E-state index in [-0.39, 0.29) is 5.91 Å². The second kappa shape index (κ2) is 8.33. The SMILES string of the molecule is CC[C@H](Oc1cc(C)cc(C)c1)C(=O)Nc1ccc(C(=O)OC)cc1. The minimum absolute atomic E-state index is 0.229. The molecule has 0 aliphatic rings. The van der Waals surface area contributed by atoms with Crippen LogP contribution in [-0.4, -0.2) is 25.1 Å². The molecular formula is C20H23NO4. The van der Waals surface area contributed by atoms with E-state index in [2.05, 4.69) is 16.1 Å². The maximum absolute atomic E-state index is 12.5. The fourth-order valence-electron chi connectivity index (χ4n) is 2.52. The summed E-state index contributed by atoms with van der Waals surface area (Å²) in [6.45, 7) is 5.88. The number of methoxy groups -OCH3 is 1. The Bertz CT molecular complexity index is 733. The van der Waals surface area contributed by atoms with Crippen LogP contribution >= 0.6 is 0 Å². The van der Waals surface area contributed by atoms with E-state index in [1.807, 2.05) is 32.9 Å². The fourth-order valence-corrected chi connectivity index (χ4v) is 2.52. The van der Waals surface area contributed by atoms with Crippen LogP contribution in [0.1, 0.15) is 34.8 Å². The van der Waals surface area contributed by atoms with Gasteiger partial charge in [-0.2, -0.15) is 0 Å². The van der Waals surface area contributed by atoms with Gasteiger partial charge in [-0.3, -0.25) is 4.79 Å². The summed E-state index contributed by atoms with van der Waals surface area (Å²) in [5.41, 5.74) is 3.20. The largest absolute Gasteiger partial charge is 0.481 e. The third-order valence-corrected chi connectivity index (χ3v) is 3.71. The van der Waals surface area contributed by atoms with Crippen molar-refractivity contribution in [2.24, 2.45) is 0 Å². The van der Waals surface area contributed by atoms with Crippen LogP contribution in [0.15, 0.2) is 42.5 Å². The second-order valence-corrected chi connectivity index (χ2v) is 5.90. The predicted octanol–water partition coefficient (Wildman–Crippen LogP) is 3.89. The number of aryl methyl sites for hydroxylation is 2. The molecule has 0 fully saturated rings. The summed E-state index contributed by atoms with van der Waals surface area (Å²) in [6, 6.07) is 12.4. The highest BCUT2D eigenvalue weighted by Gasteiger charge is 2.19. The van der Waals surface area contributed by atoms with Crippen LogP contribution in [0.3, 0.4) is 0 Å². The molecule has 1 N–H and O–H groups in total. The Morgan fingerprint density at radius 1 is 1.04 bits per heavy atom. The number of hydrogen-bond donors (Lipinski definition) is 1. The van der Waals surface area contributed by atoms with E-state index in [0.29, 0.717) is 23.4 Å². The average Bonchev–Trinajstić information content (AvgIpc) is 2.58. The summed E-state index contributed by atoms with van der Waals surface area (Å²) in [4.78, 5) is 23.9. The highest BCUT2D eigenvalue weighted by molar-refractivity contribution is 5.95. The van der Waals surface area contributed by atoms with Crippen LogP contribution in [0.25, 0.3) is 0 Å². The van der Waals surface area contributed by atoms with Crippen molar-refractivity contribution in [2.45, 2.75) is 33.3 Å². The Labute approximate surface area is 148 Å². The van der Waals surface area contributed by atoms with Gasteiger partial charge in [-0.05, 0) is 67.8 Å². The Hall–Kier alpha value is -2.82. The lowest BCUT2D eigenvalue weighted by atomic mass is 10.1. The Kier molecular flexibility index (Phi) is 6.17. The number of benzene rings is 2. The first kappa shape index (κ1) is 18.5. The highest BCUT2D eigenvalue weighted by Crippen LogP contribution is 2.19. The molecule has 5 heteroatoms. The summed E-state index contributed by atoms with van der Waals surface area (Å²) in [5.74, 6) is 0.0375. The van der Waals surface area contributed by atoms with E-state index in [1.165, 1.54) is 7.11 Å². The zero-order valence-corrected chi connectivity index (χ0v) is 15.0. The molecule has 0 heterocycles. The zero-order valence-electron chi connectivity index (χ0n) is 15.0. The van der Waals surface area contributed by atoms with Gasteiger partial charge in [-0.15, -0.1) is 0 Å². The van der Waals surface area contributed by atoms with Gasteiger partial charge in [-0.25, -0.2) is 4.79 Å². The number of hydrogen-bond acceptors (Lipinski definition) is 4. The van der Waals surface area contributed by atoms with Gasteiger partial charge in [0, 0.05) is 5.69 Å². The van der Waals surface area contributed by atoms with Gasteiger partial charge in [0.25, 0.3) is 5.91 Å². The standard InChI is InChI=1S/C20H23NO4/c1-5-18(25-17-11-13(2)10-14(3)12-17)19(22)21-16-8-6-15(7-9-16)20(23)24-4/h6-12,18H,5H2,1-4H3,(H,21,22)/t18-/m0/s1. The molecule has 2 aromatic carbocycles. The molecule has 0 radical (unpaired) electrons. The first-order chi connectivity index (χ1) is 11.9. The van der Waals surface area contributed by atoms with E-state index < -0.39 is 12.1 Å². The number of amides is 1. The molecule has 0 aliphatic heterocycles. The van der Waals surface area contributed by atoms with E-state index in [1.54, 1.807) is 24.3 Å². The molecule has 1 atom stereocenters. The molecule has 2 rings (SSSR count). The van der Waals surface area contributed by atoms with Gasteiger partial charge in [0.1, 0.15) is 5.75 Å².